The van der Waals surface area contributed by atoms with Crippen molar-refractivity contribution < 1.29 is 4.79 Å². The molecule has 84 valence electrons. The zero-order valence-electron chi connectivity index (χ0n) is 8.29. The van der Waals surface area contributed by atoms with Crippen LogP contribution >= 0.6 is 23.2 Å². The van der Waals surface area contributed by atoms with E-state index in [1.807, 2.05) is 19.1 Å². The van der Waals surface area contributed by atoms with Crippen LogP contribution in [-0.2, 0) is 4.79 Å². The second-order valence-electron chi connectivity index (χ2n) is 3.21. The van der Waals surface area contributed by atoms with Gasteiger partial charge in [0.2, 0.25) is 0 Å². The molecule has 0 saturated heterocycles. The Kier molecular flexibility index (Phi) is 2.98. The third-order valence-corrected chi connectivity index (χ3v) is 2.40. The summed E-state index contributed by atoms with van der Waals surface area (Å²) >= 11 is 10.8. The minimum atomic E-state index is -1.12. The van der Waals surface area contributed by atoms with E-state index in [0.29, 0.717) is 16.9 Å². The normalized spacial score (nSPS) is 11.0. The van der Waals surface area contributed by atoms with Crippen molar-refractivity contribution in [2.45, 2.75) is 11.8 Å². The van der Waals surface area contributed by atoms with Gasteiger partial charge in [-0.3, -0.25) is 9.89 Å². The zero-order valence-corrected chi connectivity index (χ0v) is 9.80. The Balaban J connectivity index is 2.35. The number of anilines is 1. The lowest BCUT2D eigenvalue weighted by Gasteiger charge is -2.01. The number of aryl methyl sites for hydroxylation is 1. The first kappa shape index (κ1) is 11.2. The van der Waals surface area contributed by atoms with Crippen LogP contribution < -0.4 is 5.32 Å². The summed E-state index contributed by atoms with van der Waals surface area (Å²) < 4.78 is 0. The van der Waals surface area contributed by atoms with Crippen LogP contribution in [0.1, 0.15) is 5.69 Å². The average molecular weight is 259 g/mol. The van der Waals surface area contributed by atoms with Gasteiger partial charge in [0.05, 0.1) is 5.39 Å². The van der Waals surface area contributed by atoms with Gasteiger partial charge in [-0.2, -0.15) is 5.10 Å². The second kappa shape index (κ2) is 4.27. The number of halogens is 2. The molecule has 0 atom stereocenters. The summed E-state index contributed by atoms with van der Waals surface area (Å²) in [5.41, 5.74) is 1.47. The van der Waals surface area contributed by atoms with Gasteiger partial charge in [0.25, 0.3) is 5.91 Å². The summed E-state index contributed by atoms with van der Waals surface area (Å²) in [6, 6.07) is 3.64. The van der Waals surface area contributed by atoms with Crippen molar-refractivity contribution in [3.8, 4) is 0 Å². The number of hydrogen-bond donors (Lipinski definition) is 2. The van der Waals surface area contributed by atoms with Crippen LogP contribution in [0.3, 0.4) is 0 Å². The number of rotatable bonds is 2. The van der Waals surface area contributed by atoms with Crippen LogP contribution in [0.2, 0.25) is 0 Å². The quantitative estimate of drug-likeness (QED) is 0.810. The minimum absolute atomic E-state index is 0.374. The molecule has 0 saturated carbocycles. The van der Waals surface area contributed by atoms with Gasteiger partial charge in [0.15, 0.2) is 16.3 Å². The van der Waals surface area contributed by atoms with Gasteiger partial charge in [-0.05, 0) is 19.1 Å². The Morgan fingerprint density at radius 3 is 2.94 bits per heavy atom. The summed E-state index contributed by atoms with van der Waals surface area (Å²) in [5.74, 6) is -0.142. The van der Waals surface area contributed by atoms with E-state index >= 15 is 0 Å². The Morgan fingerprint density at radius 1 is 1.50 bits per heavy atom. The van der Waals surface area contributed by atoms with E-state index in [-0.39, 0.29) is 0 Å². The number of pyridine rings is 1. The minimum Gasteiger partial charge on any atom is -0.306 e. The van der Waals surface area contributed by atoms with Crippen molar-refractivity contribution in [2.75, 3.05) is 5.32 Å². The predicted molar refractivity (Wildman–Crippen MR) is 62.7 cm³/mol. The topological polar surface area (TPSA) is 70.7 Å². The molecule has 0 unspecified atom stereocenters. The maximum Gasteiger partial charge on any atom is 0.258 e. The molecule has 0 radical (unpaired) electrons. The third-order valence-electron chi connectivity index (χ3n) is 2.00. The molecule has 2 heterocycles. The van der Waals surface area contributed by atoms with Crippen LogP contribution in [0.25, 0.3) is 11.0 Å². The molecule has 2 aromatic rings. The van der Waals surface area contributed by atoms with Gasteiger partial charge in [-0.1, -0.05) is 23.2 Å². The second-order valence-corrected chi connectivity index (χ2v) is 4.31. The number of aromatic nitrogens is 3. The highest BCUT2D eigenvalue weighted by molar-refractivity contribution is 6.54. The molecule has 0 spiro atoms. The van der Waals surface area contributed by atoms with Gasteiger partial charge in [0, 0.05) is 5.69 Å². The predicted octanol–water partition coefficient (Wildman–Crippen LogP) is 2.01. The standard InChI is InChI=1S/C9H8Cl2N4O/c1-4-2-3-5-7(12-4)14-15-8(5)13-9(16)6(10)11/h2-3,6H,1H3,(H2,12,13,14,15,16). The van der Waals surface area contributed by atoms with E-state index in [0.717, 1.165) is 5.69 Å². The monoisotopic (exact) mass is 258 g/mol. The van der Waals surface area contributed by atoms with Gasteiger partial charge < -0.3 is 5.32 Å². The maximum absolute atomic E-state index is 11.3. The maximum atomic E-state index is 11.3. The smallest absolute Gasteiger partial charge is 0.258 e. The Morgan fingerprint density at radius 2 is 2.25 bits per heavy atom. The number of fused-ring (bicyclic) bond motifs is 1. The molecule has 1 amide bonds. The lowest BCUT2D eigenvalue weighted by atomic mass is 10.3. The number of aromatic amines is 1. The van der Waals surface area contributed by atoms with E-state index in [9.17, 15) is 4.79 Å². The van der Waals surface area contributed by atoms with Crippen LogP contribution in [0, 0.1) is 6.92 Å². The molecule has 0 aliphatic carbocycles. The number of H-pyrrole nitrogens is 1. The number of hydrogen-bond acceptors (Lipinski definition) is 3. The van der Waals surface area contributed by atoms with Crippen LogP contribution in [0.4, 0.5) is 5.82 Å². The van der Waals surface area contributed by atoms with E-state index < -0.39 is 10.7 Å². The Labute approximate surface area is 101 Å². The number of carbonyl (C=O) groups excluding carboxylic acids is 1. The summed E-state index contributed by atoms with van der Waals surface area (Å²) in [6.45, 7) is 1.87. The lowest BCUT2D eigenvalue weighted by molar-refractivity contribution is -0.114. The fourth-order valence-corrected chi connectivity index (χ4v) is 1.38. The molecule has 0 bridgehead atoms. The fourth-order valence-electron chi connectivity index (χ4n) is 1.27. The number of nitrogens with zero attached hydrogens (tertiary/aromatic N) is 2. The van der Waals surface area contributed by atoms with E-state index in [1.54, 1.807) is 0 Å². The summed E-state index contributed by atoms with van der Waals surface area (Å²) in [6.07, 6.45) is 0. The molecule has 0 aromatic carbocycles. The number of nitrogens with one attached hydrogen (secondary N) is 2. The molecule has 2 rings (SSSR count). The van der Waals surface area contributed by atoms with Crippen molar-refractivity contribution in [3.63, 3.8) is 0 Å². The molecule has 2 aromatic heterocycles. The highest BCUT2D eigenvalue weighted by Crippen LogP contribution is 2.19. The number of amides is 1. The molecule has 16 heavy (non-hydrogen) atoms. The van der Waals surface area contributed by atoms with Crippen molar-refractivity contribution in [3.05, 3.63) is 17.8 Å². The molecular formula is C9H8Cl2N4O. The first-order valence-electron chi connectivity index (χ1n) is 4.48. The van der Waals surface area contributed by atoms with Crippen LogP contribution in [-0.4, -0.2) is 25.9 Å². The van der Waals surface area contributed by atoms with Gasteiger partial charge in [-0.15, -0.1) is 0 Å². The van der Waals surface area contributed by atoms with E-state index in [1.165, 1.54) is 0 Å². The molecule has 0 aliphatic heterocycles. The first-order chi connectivity index (χ1) is 7.58. The molecule has 0 fully saturated rings. The molecule has 2 N–H and O–H groups in total. The van der Waals surface area contributed by atoms with Crippen molar-refractivity contribution in [1.29, 1.82) is 0 Å². The Hall–Kier alpha value is -1.33. The summed E-state index contributed by atoms with van der Waals surface area (Å²) in [5, 5.41) is 9.85. The van der Waals surface area contributed by atoms with E-state index in [4.69, 9.17) is 23.2 Å². The lowest BCUT2D eigenvalue weighted by Crippen LogP contribution is -2.18. The van der Waals surface area contributed by atoms with Gasteiger partial charge in [-0.25, -0.2) is 4.98 Å². The highest BCUT2D eigenvalue weighted by atomic mass is 35.5. The fraction of sp³-hybridized carbons (Fsp3) is 0.222. The summed E-state index contributed by atoms with van der Waals surface area (Å²) in [4.78, 5) is 14.4. The molecule has 0 aliphatic rings. The van der Waals surface area contributed by atoms with Gasteiger partial charge >= 0.3 is 0 Å². The molecular weight excluding hydrogens is 251 g/mol. The molecule has 5 nitrogen and oxygen atoms in total. The van der Waals surface area contributed by atoms with Crippen molar-refractivity contribution in [2.24, 2.45) is 0 Å². The number of alkyl halides is 2. The zero-order chi connectivity index (χ0) is 11.7. The van der Waals surface area contributed by atoms with E-state index in [2.05, 4.69) is 20.5 Å². The average Bonchev–Trinajstić information content (AvgIpc) is 2.60. The van der Waals surface area contributed by atoms with Crippen LogP contribution in [0.15, 0.2) is 12.1 Å². The third kappa shape index (κ3) is 2.10. The van der Waals surface area contributed by atoms with Crippen LogP contribution in [0.5, 0.6) is 0 Å². The summed E-state index contributed by atoms with van der Waals surface area (Å²) in [7, 11) is 0. The largest absolute Gasteiger partial charge is 0.306 e. The van der Waals surface area contributed by atoms with Crippen molar-refractivity contribution >= 4 is 46.0 Å². The molecule has 7 heteroatoms. The Bertz CT molecular complexity index is 537. The van der Waals surface area contributed by atoms with Crippen molar-refractivity contribution in [1.82, 2.24) is 15.2 Å². The van der Waals surface area contributed by atoms with Gasteiger partial charge in [0.1, 0.15) is 0 Å². The highest BCUT2D eigenvalue weighted by Gasteiger charge is 2.15. The first-order valence-corrected chi connectivity index (χ1v) is 5.36. The number of carbonyl (C=O) groups is 1. The SMILES string of the molecule is Cc1ccc2c(NC(=O)C(Cl)Cl)n[nH]c2n1.